The fourth-order valence-corrected chi connectivity index (χ4v) is 2.08. The van der Waals surface area contributed by atoms with E-state index >= 15 is 0 Å². The van der Waals surface area contributed by atoms with Gasteiger partial charge in [-0.3, -0.25) is 9.89 Å². The van der Waals surface area contributed by atoms with Crippen LogP contribution in [0.3, 0.4) is 0 Å². The van der Waals surface area contributed by atoms with Gasteiger partial charge in [0, 0.05) is 26.1 Å². The fraction of sp³-hybridized carbons (Fsp3) is 0.636. The smallest absolute Gasteiger partial charge is 0.317 e. The van der Waals surface area contributed by atoms with Crippen molar-refractivity contribution in [3.05, 3.63) is 12.2 Å². The van der Waals surface area contributed by atoms with Crippen molar-refractivity contribution in [2.45, 2.75) is 19.3 Å². The molecule has 0 unspecified atom stereocenters. The molecule has 8 heteroatoms. The van der Waals surface area contributed by atoms with Crippen LogP contribution in [0.25, 0.3) is 0 Å². The van der Waals surface area contributed by atoms with Crippen LogP contribution in [0.4, 0.5) is 4.79 Å². The average molecular weight is 267 g/mol. The van der Waals surface area contributed by atoms with Crippen LogP contribution in [0.2, 0.25) is 0 Å². The fourth-order valence-electron chi connectivity index (χ4n) is 2.08. The molecule has 8 nitrogen and oxygen atoms in total. The van der Waals surface area contributed by atoms with E-state index in [1.165, 1.54) is 6.33 Å². The topological polar surface area (TPSA) is 111 Å². The molecule has 1 fully saturated rings. The molecule has 104 valence electrons. The summed E-state index contributed by atoms with van der Waals surface area (Å²) in [6.45, 7) is 1.46. The number of carboxylic acid groups (broad SMARTS) is 1. The first kappa shape index (κ1) is 13.3. The third kappa shape index (κ3) is 3.67. The van der Waals surface area contributed by atoms with Gasteiger partial charge in [-0.25, -0.2) is 9.78 Å². The van der Waals surface area contributed by atoms with E-state index in [0.29, 0.717) is 38.9 Å². The van der Waals surface area contributed by atoms with Gasteiger partial charge in [-0.1, -0.05) is 0 Å². The lowest BCUT2D eigenvalue weighted by atomic mass is 9.97. The molecule has 0 bridgehead atoms. The summed E-state index contributed by atoms with van der Waals surface area (Å²) in [5, 5.41) is 18.1. The molecule has 3 N–H and O–H groups in total. The number of amides is 2. The highest BCUT2D eigenvalue weighted by atomic mass is 16.4. The van der Waals surface area contributed by atoms with E-state index in [-0.39, 0.29) is 11.9 Å². The van der Waals surface area contributed by atoms with Crippen molar-refractivity contribution in [3.63, 3.8) is 0 Å². The number of piperidine rings is 1. The van der Waals surface area contributed by atoms with Gasteiger partial charge >= 0.3 is 12.0 Å². The summed E-state index contributed by atoms with van der Waals surface area (Å²) in [5.41, 5.74) is 0. The van der Waals surface area contributed by atoms with Crippen LogP contribution in [-0.4, -0.2) is 56.8 Å². The van der Waals surface area contributed by atoms with Crippen LogP contribution < -0.4 is 5.32 Å². The van der Waals surface area contributed by atoms with Crippen LogP contribution in [0.15, 0.2) is 6.33 Å². The Morgan fingerprint density at radius 1 is 1.47 bits per heavy atom. The molecule has 1 aromatic heterocycles. The third-order valence-electron chi connectivity index (χ3n) is 3.23. The Bertz CT molecular complexity index is 426. The molecule has 1 aliphatic rings. The first-order chi connectivity index (χ1) is 9.16. The van der Waals surface area contributed by atoms with Gasteiger partial charge in [0.15, 0.2) is 0 Å². The number of likely N-dealkylation sites (tertiary alicyclic amines) is 1. The predicted octanol–water partition coefficient (Wildman–Crippen LogP) is -0.147. The number of nitrogens with one attached hydrogen (secondary N) is 2. The summed E-state index contributed by atoms with van der Waals surface area (Å²) in [4.78, 5) is 28.2. The molecule has 0 radical (unpaired) electrons. The number of rotatable bonds is 4. The number of urea groups is 1. The standard InChI is InChI=1S/C11H17N5O3/c17-10(18)8-2-5-16(6-3-8)11(19)12-4-1-9-13-7-14-15-9/h7-8H,1-6H2,(H,12,19)(H,17,18)(H,13,14,15). The molecular weight excluding hydrogens is 250 g/mol. The van der Waals surface area contributed by atoms with Gasteiger partial charge in [0.25, 0.3) is 0 Å². The maximum absolute atomic E-state index is 11.8. The Hall–Kier alpha value is -2.12. The Kier molecular flexibility index (Phi) is 4.32. The van der Waals surface area contributed by atoms with Crippen molar-refractivity contribution in [1.82, 2.24) is 25.4 Å². The number of aromatic nitrogens is 3. The number of aromatic amines is 1. The minimum atomic E-state index is -0.773. The summed E-state index contributed by atoms with van der Waals surface area (Å²) in [6, 6.07) is -0.150. The number of nitrogens with zero attached hydrogens (tertiary/aromatic N) is 3. The highest BCUT2D eigenvalue weighted by Gasteiger charge is 2.26. The average Bonchev–Trinajstić information content (AvgIpc) is 2.92. The minimum Gasteiger partial charge on any atom is -0.481 e. The van der Waals surface area contributed by atoms with E-state index in [9.17, 15) is 9.59 Å². The Morgan fingerprint density at radius 3 is 2.79 bits per heavy atom. The zero-order chi connectivity index (χ0) is 13.7. The second-order valence-electron chi connectivity index (χ2n) is 4.51. The van der Waals surface area contributed by atoms with Crippen molar-refractivity contribution in [1.29, 1.82) is 0 Å². The van der Waals surface area contributed by atoms with Gasteiger partial charge in [0.1, 0.15) is 12.2 Å². The molecule has 1 aliphatic heterocycles. The first-order valence-corrected chi connectivity index (χ1v) is 6.26. The number of aliphatic carboxylic acids is 1. The molecule has 1 saturated heterocycles. The van der Waals surface area contributed by atoms with Gasteiger partial charge in [-0.05, 0) is 12.8 Å². The van der Waals surface area contributed by atoms with Crippen LogP contribution in [-0.2, 0) is 11.2 Å². The Labute approximate surface area is 110 Å². The second-order valence-corrected chi connectivity index (χ2v) is 4.51. The van der Waals surface area contributed by atoms with Crippen molar-refractivity contribution in [2.24, 2.45) is 5.92 Å². The highest BCUT2D eigenvalue weighted by Crippen LogP contribution is 2.16. The second kappa shape index (κ2) is 6.17. The van der Waals surface area contributed by atoms with Crippen LogP contribution >= 0.6 is 0 Å². The summed E-state index contributed by atoms with van der Waals surface area (Å²) >= 11 is 0. The van der Waals surface area contributed by atoms with E-state index in [0.717, 1.165) is 5.82 Å². The molecule has 19 heavy (non-hydrogen) atoms. The molecule has 0 aromatic carbocycles. The number of hydrogen-bond acceptors (Lipinski definition) is 4. The number of carbonyl (C=O) groups is 2. The van der Waals surface area contributed by atoms with Crippen LogP contribution in [0, 0.1) is 5.92 Å². The van der Waals surface area contributed by atoms with Crippen LogP contribution in [0.1, 0.15) is 18.7 Å². The maximum Gasteiger partial charge on any atom is 0.317 e. The zero-order valence-electron chi connectivity index (χ0n) is 10.5. The lowest BCUT2D eigenvalue weighted by Gasteiger charge is -2.30. The number of carboxylic acids is 1. The number of hydrogen-bond donors (Lipinski definition) is 3. The molecule has 2 rings (SSSR count). The Balaban J connectivity index is 1.68. The van der Waals surface area contributed by atoms with Crippen molar-refractivity contribution >= 4 is 12.0 Å². The van der Waals surface area contributed by atoms with E-state index < -0.39 is 5.97 Å². The highest BCUT2D eigenvalue weighted by molar-refractivity contribution is 5.75. The summed E-state index contributed by atoms with van der Waals surface area (Å²) < 4.78 is 0. The molecule has 1 aromatic rings. The van der Waals surface area contributed by atoms with E-state index in [1.807, 2.05) is 0 Å². The van der Waals surface area contributed by atoms with Gasteiger partial charge in [0.05, 0.1) is 5.92 Å². The maximum atomic E-state index is 11.8. The number of carbonyl (C=O) groups excluding carboxylic acids is 1. The SMILES string of the molecule is O=C(O)C1CCN(C(=O)NCCc2ncn[nH]2)CC1. The predicted molar refractivity (Wildman–Crippen MR) is 65.4 cm³/mol. The molecule has 0 spiro atoms. The molecule has 0 aliphatic carbocycles. The van der Waals surface area contributed by atoms with E-state index in [2.05, 4.69) is 20.5 Å². The molecule has 2 amide bonds. The van der Waals surface area contributed by atoms with Gasteiger partial charge in [0.2, 0.25) is 0 Å². The van der Waals surface area contributed by atoms with Crippen molar-refractivity contribution in [3.8, 4) is 0 Å². The van der Waals surface area contributed by atoms with Gasteiger partial charge in [-0.2, -0.15) is 5.10 Å². The molecule has 2 heterocycles. The van der Waals surface area contributed by atoms with Gasteiger partial charge in [-0.15, -0.1) is 0 Å². The summed E-state index contributed by atoms with van der Waals surface area (Å²) in [6.07, 6.45) is 3.06. The lowest BCUT2D eigenvalue weighted by Crippen LogP contribution is -2.45. The van der Waals surface area contributed by atoms with Crippen molar-refractivity contribution < 1.29 is 14.7 Å². The monoisotopic (exact) mass is 267 g/mol. The molecular formula is C11H17N5O3. The molecule has 0 saturated carbocycles. The van der Waals surface area contributed by atoms with E-state index in [1.54, 1.807) is 4.90 Å². The van der Waals surface area contributed by atoms with Crippen LogP contribution in [0.5, 0.6) is 0 Å². The quantitative estimate of drug-likeness (QED) is 0.702. The largest absolute Gasteiger partial charge is 0.481 e. The van der Waals surface area contributed by atoms with Gasteiger partial charge < -0.3 is 15.3 Å². The lowest BCUT2D eigenvalue weighted by molar-refractivity contribution is -0.143. The Morgan fingerprint density at radius 2 is 2.21 bits per heavy atom. The number of H-pyrrole nitrogens is 1. The minimum absolute atomic E-state index is 0.150. The van der Waals surface area contributed by atoms with E-state index in [4.69, 9.17) is 5.11 Å². The normalized spacial score (nSPS) is 16.3. The third-order valence-corrected chi connectivity index (χ3v) is 3.23. The molecule has 0 atom stereocenters. The first-order valence-electron chi connectivity index (χ1n) is 6.26. The summed E-state index contributed by atoms with van der Waals surface area (Å²) in [7, 11) is 0. The zero-order valence-corrected chi connectivity index (χ0v) is 10.5. The summed E-state index contributed by atoms with van der Waals surface area (Å²) in [5.74, 6) is -0.367. The van der Waals surface area contributed by atoms with Crippen molar-refractivity contribution in [2.75, 3.05) is 19.6 Å².